The van der Waals surface area contributed by atoms with Crippen LogP contribution in [0.4, 0.5) is 5.82 Å². The van der Waals surface area contributed by atoms with Crippen molar-refractivity contribution in [1.82, 2.24) is 9.97 Å². The van der Waals surface area contributed by atoms with E-state index in [1.54, 1.807) is 0 Å². The number of anilines is 1. The van der Waals surface area contributed by atoms with Crippen molar-refractivity contribution in [2.24, 2.45) is 5.92 Å². The molecule has 22 heavy (non-hydrogen) atoms. The molecule has 1 aliphatic carbocycles. The number of hydrogen-bond acceptors (Lipinski definition) is 3. The Morgan fingerprint density at radius 1 is 1.14 bits per heavy atom. The number of nitrogens with zero attached hydrogens (tertiary/aromatic N) is 1. The average Bonchev–Trinajstić information content (AvgIpc) is 2.53. The van der Waals surface area contributed by atoms with Crippen LogP contribution in [-0.4, -0.2) is 9.97 Å². The smallest absolute Gasteiger partial charge is 0.347 e. The van der Waals surface area contributed by atoms with Gasteiger partial charge in [-0.3, -0.25) is 0 Å². The maximum absolute atomic E-state index is 11.7. The molecule has 116 valence electrons. The van der Waals surface area contributed by atoms with E-state index in [4.69, 9.17) is 5.73 Å². The number of benzene rings is 1. The second-order valence-corrected chi connectivity index (χ2v) is 6.25. The van der Waals surface area contributed by atoms with Crippen LogP contribution in [0.2, 0.25) is 0 Å². The number of nitrogen functional groups attached to an aromatic ring is 1. The maximum atomic E-state index is 11.7. The van der Waals surface area contributed by atoms with Gasteiger partial charge in [-0.2, -0.15) is 4.98 Å². The second kappa shape index (κ2) is 6.77. The summed E-state index contributed by atoms with van der Waals surface area (Å²) in [5.74, 6) is 1.03. The van der Waals surface area contributed by atoms with Crippen molar-refractivity contribution in [3.8, 4) is 0 Å². The van der Waals surface area contributed by atoms with E-state index in [-0.39, 0.29) is 5.69 Å². The summed E-state index contributed by atoms with van der Waals surface area (Å²) in [7, 11) is 0. The zero-order valence-corrected chi connectivity index (χ0v) is 12.8. The fourth-order valence-corrected chi connectivity index (χ4v) is 3.42. The minimum Gasteiger partial charge on any atom is -0.383 e. The van der Waals surface area contributed by atoms with Crippen molar-refractivity contribution < 1.29 is 0 Å². The highest BCUT2D eigenvalue weighted by atomic mass is 16.1. The van der Waals surface area contributed by atoms with Crippen molar-refractivity contribution in [3.63, 3.8) is 0 Å². The molecule has 0 aliphatic heterocycles. The van der Waals surface area contributed by atoms with Gasteiger partial charge in [0.05, 0.1) is 0 Å². The lowest BCUT2D eigenvalue weighted by Crippen LogP contribution is -2.21. The van der Waals surface area contributed by atoms with E-state index in [2.05, 4.69) is 22.1 Å². The lowest BCUT2D eigenvalue weighted by Gasteiger charge is -2.22. The molecule has 3 N–H and O–H groups in total. The van der Waals surface area contributed by atoms with Gasteiger partial charge in [-0.25, -0.2) is 4.79 Å². The molecule has 1 fully saturated rings. The Bertz CT molecular complexity index is 672. The highest BCUT2D eigenvalue weighted by Gasteiger charge is 2.18. The Hall–Kier alpha value is -2.10. The van der Waals surface area contributed by atoms with Gasteiger partial charge in [-0.1, -0.05) is 62.4 Å². The van der Waals surface area contributed by atoms with Crippen LogP contribution in [0, 0.1) is 5.92 Å². The molecule has 4 nitrogen and oxygen atoms in total. The van der Waals surface area contributed by atoms with Gasteiger partial charge in [0.1, 0.15) is 5.82 Å². The third kappa shape index (κ3) is 3.56. The molecule has 1 heterocycles. The molecule has 2 aromatic rings. The van der Waals surface area contributed by atoms with Crippen molar-refractivity contribution in [2.75, 3.05) is 5.73 Å². The van der Waals surface area contributed by atoms with E-state index in [0.717, 1.165) is 24.1 Å². The number of H-pyrrole nitrogens is 1. The second-order valence-electron chi connectivity index (χ2n) is 6.25. The highest BCUT2D eigenvalue weighted by Crippen LogP contribution is 2.28. The fraction of sp³-hybridized carbons (Fsp3) is 0.444. The standard InChI is InChI=1S/C18H23N3O/c19-17-15(11-13-7-3-1-4-8-13)16(20-18(22)21-17)12-14-9-5-2-6-10-14/h1,3-4,7-8,14H,2,5-6,9-12H2,(H3,19,20,21,22). The summed E-state index contributed by atoms with van der Waals surface area (Å²) < 4.78 is 0. The molecule has 0 unspecified atom stereocenters. The van der Waals surface area contributed by atoms with Crippen molar-refractivity contribution in [3.05, 3.63) is 57.6 Å². The Morgan fingerprint density at radius 2 is 1.86 bits per heavy atom. The van der Waals surface area contributed by atoms with Crippen molar-refractivity contribution >= 4 is 5.82 Å². The zero-order valence-electron chi connectivity index (χ0n) is 12.8. The van der Waals surface area contributed by atoms with Crippen LogP contribution in [0.25, 0.3) is 0 Å². The first-order chi connectivity index (χ1) is 10.7. The van der Waals surface area contributed by atoms with Crippen molar-refractivity contribution in [2.45, 2.75) is 44.9 Å². The molecule has 0 spiro atoms. The summed E-state index contributed by atoms with van der Waals surface area (Å²) in [6, 6.07) is 10.2. The van der Waals surface area contributed by atoms with Gasteiger partial charge in [0.15, 0.2) is 0 Å². The van der Waals surface area contributed by atoms with Gasteiger partial charge in [-0.05, 0) is 17.9 Å². The number of hydrogen-bond donors (Lipinski definition) is 2. The summed E-state index contributed by atoms with van der Waals surface area (Å²) in [5.41, 5.74) is 8.86. The first-order valence-electron chi connectivity index (χ1n) is 8.14. The number of aromatic nitrogens is 2. The number of aromatic amines is 1. The normalized spacial score (nSPS) is 15.8. The Labute approximate surface area is 130 Å². The summed E-state index contributed by atoms with van der Waals surface area (Å²) in [4.78, 5) is 18.5. The lowest BCUT2D eigenvalue weighted by molar-refractivity contribution is 0.353. The van der Waals surface area contributed by atoms with E-state index >= 15 is 0 Å². The third-order valence-electron chi connectivity index (χ3n) is 4.59. The molecule has 1 aromatic carbocycles. The predicted molar refractivity (Wildman–Crippen MR) is 88.8 cm³/mol. The summed E-state index contributed by atoms with van der Waals surface area (Å²) in [6.45, 7) is 0. The van der Waals surface area contributed by atoms with Crippen LogP contribution in [0.5, 0.6) is 0 Å². The minimum absolute atomic E-state index is 0.333. The van der Waals surface area contributed by atoms with Crippen LogP contribution < -0.4 is 11.4 Å². The molecule has 0 amide bonds. The number of nitrogens with one attached hydrogen (secondary N) is 1. The van der Waals surface area contributed by atoms with Crippen molar-refractivity contribution in [1.29, 1.82) is 0 Å². The van der Waals surface area contributed by atoms with Gasteiger partial charge in [0.25, 0.3) is 0 Å². The highest BCUT2D eigenvalue weighted by molar-refractivity contribution is 5.44. The molecule has 0 bridgehead atoms. The van der Waals surface area contributed by atoms with E-state index in [0.29, 0.717) is 11.7 Å². The first-order valence-corrected chi connectivity index (χ1v) is 8.14. The van der Waals surface area contributed by atoms with E-state index < -0.39 is 0 Å². The number of nitrogens with two attached hydrogens (primary N) is 1. The Kier molecular flexibility index (Phi) is 4.56. The summed E-state index contributed by atoms with van der Waals surface area (Å²) in [6.07, 6.45) is 8.04. The zero-order chi connectivity index (χ0) is 15.4. The number of rotatable bonds is 4. The van der Waals surface area contributed by atoms with E-state index in [1.165, 1.54) is 37.7 Å². The van der Waals surface area contributed by atoms with Crippen LogP contribution in [-0.2, 0) is 12.8 Å². The molecule has 4 heteroatoms. The Balaban J connectivity index is 1.88. The lowest BCUT2D eigenvalue weighted by atomic mass is 9.85. The molecule has 1 aliphatic rings. The van der Waals surface area contributed by atoms with E-state index in [9.17, 15) is 4.79 Å². The molecule has 1 saturated carbocycles. The predicted octanol–water partition coefficient (Wildman–Crippen LogP) is 3.07. The largest absolute Gasteiger partial charge is 0.383 e. The molecule has 0 radical (unpaired) electrons. The van der Waals surface area contributed by atoms with Gasteiger partial charge in [0, 0.05) is 17.7 Å². The minimum atomic E-state index is -0.333. The topological polar surface area (TPSA) is 71.8 Å². The van der Waals surface area contributed by atoms with Crippen LogP contribution in [0.15, 0.2) is 35.1 Å². The molecule has 3 rings (SSSR count). The molecule has 0 atom stereocenters. The van der Waals surface area contributed by atoms with Gasteiger partial charge >= 0.3 is 5.69 Å². The maximum Gasteiger partial charge on any atom is 0.347 e. The molecule has 0 saturated heterocycles. The summed E-state index contributed by atoms with van der Waals surface area (Å²) in [5, 5.41) is 0. The Morgan fingerprint density at radius 3 is 2.59 bits per heavy atom. The SMILES string of the molecule is Nc1nc(=O)[nH]c(CC2CCCCC2)c1Cc1ccccc1. The monoisotopic (exact) mass is 297 g/mol. The molecular formula is C18H23N3O. The average molecular weight is 297 g/mol. The van der Waals surface area contributed by atoms with Crippen LogP contribution >= 0.6 is 0 Å². The van der Waals surface area contributed by atoms with Gasteiger partial charge in [-0.15, -0.1) is 0 Å². The molecular weight excluding hydrogens is 274 g/mol. The third-order valence-corrected chi connectivity index (χ3v) is 4.59. The van der Waals surface area contributed by atoms with Gasteiger partial charge < -0.3 is 10.7 Å². The van der Waals surface area contributed by atoms with Crippen LogP contribution in [0.3, 0.4) is 0 Å². The quantitative estimate of drug-likeness (QED) is 0.911. The summed E-state index contributed by atoms with van der Waals surface area (Å²) >= 11 is 0. The van der Waals surface area contributed by atoms with E-state index in [1.807, 2.05) is 18.2 Å². The molecule has 1 aromatic heterocycles. The van der Waals surface area contributed by atoms with Gasteiger partial charge in [0.2, 0.25) is 0 Å². The fourth-order valence-electron chi connectivity index (χ4n) is 3.42. The van der Waals surface area contributed by atoms with Crippen LogP contribution in [0.1, 0.15) is 48.9 Å². The first kappa shape index (κ1) is 14.8.